The van der Waals surface area contributed by atoms with Gasteiger partial charge < -0.3 is 0 Å². The van der Waals surface area contributed by atoms with Crippen LogP contribution in [-0.2, 0) is 10.0 Å². The van der Waals surface area contributed by atoms with Gasteiger partial charge in [0.15, 0.2) is 0 Å². The van der Waals surface area contributed by atoms with Gasteiger partial charge in [0.2, 0.25) is 0 Å². The molecule has 2 rings (SSSR count). The molecule has 1 amide bonds. The summed E-state index contributed by atoms with van der Waals surface area (Å²) in [6.07, 6.45) is 0. The SMILES string of the molecule is Cc1cccc(NS(=O)(=O)c2cccc(C(=O)NN(C)C)c2)c1. The number of hydrazine groups is 1. The van der Waals surface area contributed by atoms with Gasteiger partial charge in [0, 0.05) is 25.3 Å². The van der Waals surface area contributed by atoms with Crippen molar-refractivity contribution in [3.05, 3.63) is 59.7 Å². The Kier molecular flexibility index (Phi) is 5.02. The van der Waals surface area contributed by atoms with Gasteiger partial charge in [-0.15, -0.1) is 0 Å². The Balaban J connectivity index is 2.28. The van der Waals surface area contributed by atoms with Crippen LogP contribution in [0.2, 0.25) is 0 Å². The van der Waals surface area contributed by atoms with Gasteiger partial charge >= 0.3 is 0 Å². The third-order valence-corrected chi connectivity index (χ3v) is 4.38. The Morgan fingerprint density at radius 1 is 1.04 bits per heavy atom. The predicted octanol–water partition coefficient (Wildman–Crippen LogP) is 2.00. The van der Waals surface area contributed by atoms with Gasteiger partial charge in [0.25, 0.3) is 15.9 Å². The third kappa shape index (κ3) is 4.54. The molecular formula is C16H19N3O3S. The molecular weight excluding hydrogens is 314 g/mol. The van der Waals surface area contributed by atoms with Crippen molar-refractivity contribution in [1.29, 1.82) is 0 Å². The van der Waals surface area contributed by atoms with E-state index in [0.29, 0.717) is 5.69 Å². The molecule has 0 aromatic heterocycles. The van der Waals surface area contributed by atoms with Gasteiger partial charge in [-0.2, -0.15) is 0 Å². The molecule has 0 aliphatic carbocycles. The summed E-state index contributed by atoms with van der Waals surface area (Å²) in [6, 6.07) is 13.0. The number of benzene rings is 2. The summed E-state index contributed by atoms with van der Waals surface area (Å²) in [5, 5.41) is 1.49. The standard InChI is InChI=1S/C16H19N3O3S/c1-12-6-4-8-14(10-12)18-23(21,22)15-9-5-7-13(11-15)16(20)17-19(2)3/h4-11,18H,1-3H3,(H,17,20). The van der Waals surface area contributed by atoms with Crippen LogP contribution in [0, 0.1) is 6.92 Å². The molecule has 0 aliphatic rings. The Bertz CT molecular complexity index is 817. The summed E-state index contributed by atoms with van der Waals surface area (Å²) >= 11 is 0. The number of hydrogen-bond donors (Lipinski definition) is 2. The molecule has 0 saturated heterocycles. The van der Waals surface area contributed by atoms with Gasteiger partial charge in [0.05, 0.1) is 4.90 Å². The van der Waals surface area contributed by atoms with Crippen LogP contribution in [0.1, 0.15) is 15.9 Å². The third-order valence-electron chi connectivity index (χ3n) is 3.00. The number of carbonyl (C=O) groups excluding carboxylic acids is 1. The lowest BCUT2D eigenvalue weighted by atomic mass is 10.2. The number of rotatable bonds is 5. The molecule has 7 heteroatoms. The van der Waals surface area contributed by atoms with E-state index in [1.807, 2.05) is 13.0 Å². The number of carbonyl (C=O) groups is 1. The Labute approximate surface area is 136 Å². The fraction of sp³-hybridized carbons (Fsp3) is 0.188. The van der Waals surface area contributed by atoms with Crippen LogP contribution in [-0.4, -0.2) is 33.4 Å². The molecule has 0 fully saturated rings. The Hall–Kier alpha value is -2.38. The summed E-state index contributed by atoms with van der Waals surface area (Å²) in [7, 11) is -0.401. The van der Waals surface area contributed by atoms with Gasteiger partial charge in [-0.3, -0.25) is 14.9 Å². The smallest absolute Gasteiger partial charge is 0.265 e. The highest BCUT2D eigenvalue weighted by Gasteiger charge is 2.16. The van der Waals surface area contributed by atoms with E-state index in [-0.39, 0.29) is 16.4 Å². The van der Waals surface area contributed by atoms with Crippen molar-refractivity contribution in [2.24, 2.45) is 0 Å². The zero-order valence-corrected chi connectivity index (χ0v) is 14.0. The first-order valence-electron chi connectivity index (χ1n) is 6.96. The molecule has 0 heterocycles. The average molecular weight is 333 g/mol. The lowest BCUT2D eigenvalue weighted by Gasteiger charge is -2.13. The van der Waals surface area contributed by atoms with Crippen LogP contribution >= 0.6 is 0 Å². The summed E-state index contributed by atoms with van der Waals surface area (Å²) < 4.78 is 27.4. The summed E-state index contributed by atoms with van der Waals surface area (Å²) in [5.41, 5.74) is 4.27. The van der Waals surface area contributed by atoms with Crippen molar-refractivity contribution >= 4 is 21.6 Å². The summed E-state index contributed by atoms with van der Waals surface area (Å²) in [4.78, 5) is 12.0. The normalized spacial score (nSPS) is 11.3. The van der Waals surface area contributed by atoms with Crippen molar-refractivity contribution in [2.45, 2.75) is 11.8 Å². The fourth-order valence-corrected chi connectivity index (χ4v) is 3.09. The van der Waals surface area contributed by atoms with E-state index in [0.717, 1.165) is 5.56 Å². The molecule has 2 aromatic carbocycles. The molecule has 23 heavy (non-hydrogen) atoms. The molecule has 2 N–H and O–H groups in total. The molecule has 0 saturated carbocycles. The number of anilines is 1. The Morgan fingerprint density at radius 2 is 1.74 bits per heavy atom. The number of nitrogens with one attached hydrogen (secondary N) is 2. The highest BCUT2D eigenvalue weighted by atomic mass is 32.2. The largest absolute Gasteiger partial charge is 0.285 e. The van der Waals surface area contributed by atoms with Crippen molar-refractivity contribution in [3.8, 4) is 0 Å². The zero-order valence-electron chi connectivity index (χ0n) is 13.2. The van der Waals surface area contributed by atoms with Crippen LogP contribution in [0.15, 0.2) is 53.4 Å². The minimum atomic E-state index is -3.76. The maximum atomic E-state index is 12.5. The van der Waals surface area contributed by atoms with E-state index in [9.17, 15) is 13.2 Å². The van der Waals surface area contributed by atoms with Crippen LogP contribution in [0.3, 0.4) is 0 Å². The maximum Gasteiger partial charge on any atom is 0.265 e. The number of amides is 1. The molecule has 0 aliphatic heterocycles. The molecule has 0 spiro atoms. The predicted molar refractivity (Wildman–Crippen MR) is 89.6 cm³/mol. The lowest BCUT2D eigenvalue weighted by molar-refractivity contribution is 0.0856. The second-order valence-electron chi connectivity index (χ2n) is 5.34. The topological polar surface area (TPSA) is 78.5 Å². The van der Waals surface area contributed by atoms with Gasteiger partial charge in [-0.25, -0.2) is 13.4 Å². The zero-order chi connectivity index (χ0) is 17.0. The highest BCUT2D eigenvalue weighted by molar-refractivity contribution is 7.92. The monoisotopic (exact) mass is 333 g/mol. The molecule has 0 bridgehead atoms. The van der Waals surface area contributed by atoms with Gasteiger partial charge in [-0.05, 0) is 42.8 Å². The first kappa shape index (κ1) is 17.0. The molecule has 6 nitrogen and oxygen atoms in total. The minimum Gasteiger partial charge on any atom is -0.285 e. The number of aryl methyl sites for hydroxylation is 1. The molecule has 0 atom stereocenters. The van der Waals surface area contributed by atoms with Crippen molar-refractivity contribution in [2.75, 3.05) is 18.8 Å². The number of sulfonamides is 1. The first-order valence-corrected chi connectivity index (χ1v) is 8.44. The molecule has 122 valence electrons. The van der Waals surface area contributed by atoms with Crippen molar-refractivity contribution < 1.29 is 13.2 Å². The molecule has 0 unspecified atom stereocenters. The van der Waals surface area contributed by atoms with Crippen LogP contribution in [0.4, 0.5) is 5.69 Å². The first-order chi connectivity index (χ1) is 10.8. The van der Waals surface area contributed by atoms with Crippen LogP contribution in [0.5, 0.6) is 0 Å². The highest BCUT2D eigenvalue weighted by Crippen LogP contribution is 2.18. The van der Waals surface area contributed by atoms with E-state index < -0.39 is 10.0 Å². The second kappa shape index (κ2) is 6.80. The quantitative estimate of drug-likeness (QED) is 0.821. The van der Waals surface area contributed by atoms with Crippen molar-refractivity contribution in [1.82, 2.24) is 10.4 Å². The van der Waals surface area contributed by atoms with Gasteiger partial charge in [-0.1, -0.05) is 18.2 Å². The van der Waals surface area contributed by atoms with E-state index in [1.165, 1.54) is 23.2 Å². The minimum absolute atomic E-state index is 0.0328. The second-order valence-corrected chi connectivity index (χ2v) is 7.02. The maximum absolute atomic E-state index is 12.5. The molecule has 2 aromatic rings. The van der Waals surface area contributed by atoms with E-state index in [4.69, 9.17) is 0 Å². The lowest BCUT2D eigenvalue weighted by Crippen LogP contribution is -2.36. The average Bonchev–Trinajstić information content (AvgIpc) is 2.46. The number of hydrogen-bond acceptors (Lipinski definition) is 4. The molecule has 0 radical (unpaired) electrons. The number of nitrogens with zero attached hydrogens (tertiary/aromatic N) is 1. The van der Waals surface area contributed by atoms with Gasteiger partial charge in [0.1, 0.15) is 0 Å². The van der Waals surface area contributed by atoms with Crippen molar-refractivity contribution in [3.63, 3.8) is 0 Å². The van der Waals surface area contributed by atoms with E-state index in [1.54, 1.807) is 38.4 Å². The van der Waals surface area contributed by atoms with E-state index in [2.05, 4.69) is 10.1 Å². The van der Waals surface area contributed by atoms with E-state index >= 15 is 0 Å². The fourth-order valence-electron chi connectivity index (χ4n) is 1.99. The van der Waals surface area contributed by atoms with Crippen LogP contribution < -0.4 is 10.1 Å². The van der Waals surface area contributed by atoms with Crippen LogP contribution in [0.25, 0.3) is 0 Å². The summed E-state index contributed by atoms with van der Waals surface area (Å²) in [5.74, 6) is -0.373. The Morgan fingerprint density at radius 3 is 2.39 bits per heavy atom. The summed E-state index contributed by atoms with van der Waals surface area (Å²) in [6.45, 7) is 1.88.